The summed E-state index contributed by atoms with van der Waals surface area (Å²) in [6.07, 6.45) is 0.493. The minimum Gasteiger partial charge on any atom is -0.321 e. The molecule has 20 heavy (non-hydrogen) atoms. The van der Waals surface area contributed by atoms with Crippen LogP contribution in [0.25, 0.3) is 0 Å². The number of carbonyl (C=O) groups excluding carboxylic acids is 2. The lowest BCUT2D eigenvalue weighted by atomic mass is 10.1. The van der Waals surface area contributed by atoms with Crippen LogP contribution in [0.2, 0.25) is 0 Å². The number of hydrogen-bond acceptors (Lipinski definition) is 4. The fraction of sp³-hybridized carbons (Fsp3) is 0.250. The summed E-state index contributed by atoms with van der Waals surface area (Å²) in [5, 5.41) is 6.25. The van der Waals surface area contributed by atoms with Gasteiger partial charge in [0.2, 0.25) is 5.91 Å². The van der Waals surface area contributed by atoms with Gasteiger partial charge in [0.15, 0.2) is 0 Å². The van der Waals surface area contributed by atoms with Crippen LogP contribution >= 0.6 is 11.8 Å². The summed E-state index contributed by atoms with van der Waals surface area (Å²) >= 11 is 0.437. The van der Waals surface area contributed by atoms with Crippen molar-refractivity contribution in [2.24, 2.45) is 5.10 Å². The molecular formula is C12H11F2N3O2S. The molecule has 1 aromatic carbocycles. The summed E-state index contributed by atoms with van der Waals surface area (Å²) in [5.41, 5.74) is 2.94. The molecule has 106 valence electrons. The van der Waals surface area contributed by atoms with E-state index in [2.05, 4.69) is 15.8 Å². The Balaban J connectivity index is 1.96. The van der Waals surface area contributed by atoms with Crippen LogP contribution in [0, 0.1) is 0 Å². The monoisotopic (exact) mass is 299 g/mol. The fourth-order valence-electron chi connectivity index (χ4n) is 1.56. The molecule has 2 rings (SSSR count). The Hall–Kier alpha value is -1.96. The van der Waals surface area contributed by atoms with E-state index >= 15 is 0 Å². The zero-order chi connectivity index (χ0) is 14.5. The molecule has 0 radical (unpaired) electrons. The third-order valence-corrected chi connectivity index (χ3v) is 3.23. The molecule has 0 saturated heterocycles. The van der Waals surface area contributed by atoms with Crippen molar-refractivity contribution >= 4 is 35.0 Å². The Morgan fingerprint density at radius 2 is 2.00 bits per heavy atom. The lowest BCUT2D eigenvalue weighted by molar-refractivity contribution is -0.121. The first-order valence-electron chi connectivity index (χ1n) is 5.76. The van der Waals surface area contributed by atoms with Crippen LogP contribution in [0.5, 0.6) is 0 Å². The summed E-state index contributed by atoms with van der Waals surface area (Å²) in [6.45, 7) is 0. The topological polar surface area (TPSA) is 70.6 Å². The lowest BCUT2D eigenvalue weighted by Gasteiger charge is -2.12. The molecule has 1 aliphatic heterocycles. The van der Waals surface area contributed by atoms with Gasteiger partial charge in [-0.25, -0.2) is 5.43 Å². The van der Waals surface area contributed by atoms with Crippen LogP contribution in [0.15, 0.2) is 34.3 Å². The van der Waals surface area contributed by atoms with Gasteiger partial charge in [0.05, 0.1) is 0 Å². The van der Waals surface area contributed by atoms with E-state index in [9.17, 15) is 18.4 Å². The van der Waals surface area contributed by atoms with Crippen molar-refractivity contribution in [3.63, 3.8) is 0 Å². The van der Waals surface area contributed by atoms with E-state index in [0.717, 1.165) is 0 Å². The number of halogens is 2. The van der Waals surface area contributed by atoms with Crippen molar-refractivity contribution in [3.8, 4) is 0 Å². The Morgan fingerprint density at radius 1 is 1.30 bits per heavy atom. The summed E-state index contributed by atoms with van der Waals surface area (Å²) in [6, 6.07) is 6.06. The molecular weight excluding hydrogens is 288 g/mol. The summed E-state index contributed by atoms with van der Waals surface area (Å²) in [5.74, 6) is -3.12. The fourth-order valence-corrected chi connectivity index (χ4v) is 2.06. The summed E-state index contributed by atoms with van der Waals surface area (Å²) < 4.78 is 24.3. The van der Waals surface area contributed by atoms with Gasteiger partial charge < -0.3 is 5.32 Å². The lowest BCUT2D eigenvalue weighted by Crippen LogP contribution is -2.32. The maximum atomic E-state index is 12.1. The minimum atomic E-state index is -2.48. The number of alkyl halides is 2. The Bertz CT molecular complexity index is 546. The van der Waals surface area contributed by atoms with Crippen molar-refractivity contribution < 1.29 is 18.4 Å². The second-order valence-corrected chi connectivity index (χ2v) is 5.01. The number of rotatable bonds is 4. The van der Waals surface area contributed by atoms with Crippen LogP contribution < -0.4 is 10.7 Å². The van der Waals surface area contributed by atoms with Gasteiger partial charge in [0.25, 0.3) is 11.7 Å². The number of hydrogen-bond donors (Lipinski definition) is 2. The van der Waals surface area contributed by atoms with E-state index in [-0.39, 0.29) is 24.5 Å². The average Bonchev–Trinajstić information content (AvgIpc) is 2.41. The van der Waals surface area contributed by atoms with Crippen LogP contribution in [0.1, 0.15) is 12.8 Å². The smallest absolute Gasteiger partial charge is 0.288 e. The largest absolute Gasteiger partial charge is 0.321 e. The molecule has 0 spiro atoms. The normalized spacial score (nSPS) is 14.8. The maximum absolute atomic E-state index is 12.1. The molecule has 0 aliphatic carbocycles. The second kappa shape index (κ2) is 6.47. The standard InChI is InChI=1S/C12H11F2N3O2S/c13-12(14)20-8-3-1-7(2-4-8)15-11(19)9-5-6-10(18)17-16-9/h1-4,12H,5-6H2,(H,15,19)(H,17,18). The highest BCUT2D eigenvalue weighted by atomic mass is 32.2. The molecule has 0 saturated carbocycles. The first kappa shape index (κ1) is 14.4. The Morgan fingerprint density at radius 3 is 2.55 bits per heavy atom. The van der Waals surface area contributed by atoms with Gasteiger partial charge in [-0.3, -0.25) is 9.59 Å². The summed E-state index contributed by atoms with van der Waals surface area (Å²) in [4.78, 5) is 23.1. The predicted octanol–water partition coefficient (Wildman–Crippen LogP) is 2.21. The van der Waals surface area contributed by atoms with E-state index < -0.39 is 11.7 Å². The second-order valence-electron chi connectivity index (χ2n) is 3.95. The number of amides is 2. The van der Waals surface area contributed by atoms with Crippen molar-refractivity contribution in [1.82, 2.24) is 5.43 Å². The highest BCUT2D eigenvalue weighted by Crippen LogP contribution is 2.26. The highest BCUT2D eigenvalue weighted by molar-refractivity contribution is 7.99. The molecule has 2 N–H and O–H groups in total. The number of thioether (sulfide) groups is 1. The van der Waals surface area contributed by atoms with E-state index in [1.807, 2.05) is 0 Å². The molecule has 0 atom stereocenters. The Labute approximate surface area is 117 Å². The Kier molecular flexibility index (Phi) is 4.67. The number of nitrogens with zero attached hydrogens (tertiary/aromatic N) is 1. The molecule has 0 aromatic heterocycles. The number of carbonyl (C=O) groups is 2. The highest BCUT2D eigenvalue weighted by Gasteiger charge is 2.18. The van der Waals surface area contributed by atoms with Crippen LogP contribution in [-0.2, 0) is 9.59 Å². The molecule has 1 aromatic rings. The molecule has 2 amide bonds. The third kappa shape index (κ3) is 4.02. The van der Waals surface area contributed by atoms with Gasteiger partial charge in [0.1, 0.15) is 5.71 Å². The average molecular weight is 299 g/mol. The van der Waals surface area contributed by atoms with Crippen molar-refractivity contribution in [1.29, 1.82) is 0 Å². The summed E-state index contributed by atoms with van der Waals surface area (Å²) in [7, 11) is 0. The van der Waals surface area contributed by atoms with Gasteiger partial charge in [-0.1, -0.05) is 11.8 Å². The van der Waals surface area contributed by atoms with Crippen LogP contribution in [0.3, 0.4) is 0 Å². The van der Waals surface area contributed by atoms with Gasteiger partial charge in [-0.05, 0) is 24.3 Å². The quantitative estimate of drug-likeness (QED) is 0.837. The first-order chi connectivity index (χ1) is 9.54. The van der Waals surface area contributed by atoms with Crippen LogP contribution in [0.4, 0.5) is 14.5 Å². The van der Waals surface area contributed by atoms with E-state index in [4.69, 9.17) is 0 Å². The van der Waals surface area contributed by atoms with E-state index in [1.165, 1.54) is 24.3 Å². The van der Waals surface area contributed by atoms with Crippen molar-refractivity contribution in [2.75, 3.05) is 5.32 Å². The van der Waals surface area contributed by atoms with Crippen molar-refractivity contribution in [2.45, 2.75) is 23.5 Å². The third-order valence-electron chi connectivity index (χ3n) is 2.50. The SMILES string of the molecule is O=C1CCC(C(=O)Nc2ccc(SC(F)F)cc2)=NN1. The van der Waals surface area contributed by atoms with E-state index in [1.54, 1.807) is 0 Å². The van der Waals surface area contributed by atoms with Gasteiger partial charge in [0, 0.05) is 23.4 Å². The molecule has 0 bridgehead atoms. The molecule has 0 unspecified atom stereocenters. The molecule has 1 heterocycles. The number of anilines is 1. The zero-order valence-electron chi connectivity index (χ0n) is 10.2. The maximum Gasteiger partial charge on any atom is 0.288 e. The molecule has 1 aliphatic rings. The first-order valence-corrected chi connectivity index (χ1v) is 6.64. The zero-order valence-corrected chi connectivity index (χ0v) is 11.0. The predicted molar refractivity (Wildman–Crippen MR) is 71.7 cm³/mol. The molecule has 8 heteroatoms. The van der Waals surface area contributed by atoms with Gasteiger partial charge >= 0.3 is 0 Å². The number of nitrogens with one attached hydrogen (secondary N) is 2. The van der Waals surface area contributed by atoms with E-state index in [0.29, 0.717) is 22.3 Å². The molecule has 5 nitrogen and oxygen atoms in total. The number of hydrazone groups is 1. The van der Waals surface area contributed by atoms with Gasteiger partial charge in [-0.2, -0.15) is 13.9 Å². The van der Waals surface area contributed by atoms with Crippen molar-refractivity contribution in [3.05, 3.63) is 24.3 Å². The molecule has 0 fully saturated rings. The number of benzene rings is 1. The minimum absolute atomic E-state index is 0.218. The van der Waals surface area contributed by atoms with Crippen LogP contribution in [-0.4, -0.2) is 23.3 Å². The van der Waals surface area contributed by atoms with Gasteiger partial charge in [-0.15, -0.1) is 0 Å².